The van der Waals surface area contributed by atoms with Gasteiger partial charge in [0.05, 0.1) is 10.7 Å². The highest BCUT2D eigenvalue weighted by molar-refractivity contribution is 6.33. The van der Waals surface area contributed by atoms with Crippen molar-refractivity contribution in [2.45, 2.75) is 19.8 Å². The van der Waals surface area contributed by atoms with E-state index in [4.69, 9.17) is 11.6 Å². The molecular formula is C14H16ClFN4. The minimum atomic E-state index is -0.350. The number of nitrogens with zero attached hydrogens (tertiary/aromatic N) is 2. The summed E-state index contributed by atoms with van der Waals surface area (Å²) in [7, 11) is 1.81. The lowest BCUT2D eigenvalue weighted by Crippen LogP contribution is -2.06. The van der Waals surface area contributed by atoms with Gasteiger partial charge in [-0.25, -0.2) is 14.4 Å². The van der Waals surface area contributed by atoms with Crippen LogP contribution in [-0.2, 0) is 6.42 Å². The number of hydrogen-bond acceptors (Lipinski definition) is 4. The van der Waals surface area contributed by atoms with Crippen LogP contribution in [0.25, 0.3) is 0 Å². The molecule has 0 aliphatic carbocycles. The fourth-order valence-electron chi connectivity index (χ4n) is 1.94. The maximum Gasteiger partial charge on any atom is 0.139 e. The first kappa shape index (κ1) is 14.5. The molecule has 1 aromatic carbocycles. The lowest BCUT2D eigenvalue weighted by atomic mass is 10.1. The smallest absolute Gasteiger partial charge is 0.139 e. The van der Waals surface area contributed by atoms with E-state index in [2.05, 4.69) is 27.5 Å². The van der Waals surface area contributed by atoms with Crippen molar-refractivity contribution >= 4 is 28.9 Å². The van der Waals surface area contributed by atoms with E-state index in [1.54, 1.807) is 7.05 Å². The van der Waals surface area contributed by atoms with Gasteiger partial charge in [-0.1, -0.05) is 24.9 Å². The van der Waals surface area contributed by atoms with Gasteiger partial charge in [-0.3, -0.25) is 0 Å². The zero-order chi connectivity index (χ0) is 14.5. The number of aromatic nitrogens is 2. The third kappa shape index (κ3) is 3.17. The normalized spacial score (nSPS) is 10.4. The van der Waals surface area contributed by atoms with E-state index < -0.39 is 0 Å². The van der Waals surface area contributed by atoms with Crippen molar-refractivity contribution < 1.29 is 4.39 Å². The Morgan fingerprint density at radius 2 is 2.00 bits per heavy atom. The summed E-state index contributed by atoms with van der Waals surface area (Å²) in [5.41, 5.74) is 1.45. The summed E-state index contributed by atoms with van der Waals surface area (Å²) in [5.74, 6) is 1.05. The molecule has 4 nitrogen and oxygen atoms in total. The molecule has 2 rings (SSSR count). The standard InChI is InChI=1S/C14H16ClFN4/c1-3-4-10-13(17-2)18-8-19-14(10)20-12-7-9(16)5-6-11(12)15/h5-8H,3-4H2,1-2H3,(H2,17,18,19,20). The highest BCUT2D eigenvalue weighted by atomic mass is 35.5. The number of benzene rings is 1. The summed E-state index contributed by atoms with van der Waals surface area (Å²) < 4.78 is 13.3. The number of rotatable bonds is 5. The van der Waals surface area contributed by atoms with Crippen molar-refractivity contribution in [2.24, 2.45) is 0 Å². The van der Waals surface area contributed by atoms with Gasteiger partial charge >= 0.3 is 0 Å². The predicted molar refractivity (Wildman–Crippen MR) is 80.3 cm³/mol. The zero-order valence-electron chi connectivity index (χ0n) is 11.4. The molecule has 0 saturated carbocycles. The molecule has 2 aromatic rings. The van der Waals surface area contributed by atoms with E-state index in [1.165, 1.54) is 24.5 Å². The molecule has 0 atom stereocenters. The second kappa shape index (κ2) is 6.52. The number of halogens is 2. The van der Waals surface area contributed by atoms with Crippen molar-refractivity contribution in [3.63, 3.8) is 0 Å². The van der Waals surface area contributed by atoms with Crippen LogP contribution in [0.5, 0.6) is 0 Å². The third-order valence-electron chi connectivity index (χ3n) is 2.86. The minimum absolute atomic E-state index is 0.350. The van der Waals surface area contributed by atoms with Crippen LogP contribution in [0.2, 0.25) is 5.02 Å². The van der Waals surface area contributed by atoms with E-state index >= 15 is 0 Å². The average molecular weight is 295 g/mol. The molecule has 0 fully saturated rings. The Kier molecular flexibility index (Phi) is 4.74. The van der Waals surface area contributed by atoms with Crippen LogP contribution in [0.1, 0.15) is 18.9 Å². The Morgan fingerprint density at radius 3 is 2.70 bits per heavy atom. The van der Waals surface area contributed by atoms with Crippen LogP contribution in [0.4, 0.5) is 21.7 Å². The molecule has 2 N–H and O–H groups in total. The Bertz CT molecular complexity index is 604. The van der Waals surface area contributed by atoms with Gasteiger partial charge in [0.2, 0.25) is 0 Å². The summed E-state index contributed by atoms with van der Waals surface area (Å²) in [6, 6.07) is 4.18. The maximum absolute atomic E-state index is 13.3. The molecular weight excluding hydrogens is 279 g/mol. The van der Waals surface area contributed by atoms with E-state index in [0.717, 1.165) is 24.2 Å². The summed E-state index contributed by atoms with van der Waals surface area (Å²) in [6.45, 7) is 2.07. The lowest BCUT2D eigenvalue weighted by Gasteiger charge is -2.14. The average Bonchev–Trinajstić information content (AvgIpc) is 2.45. The maximum atomic E-state index is 13.3. The highest BCUT2D eigenvalue weighted by Crippen LogP contribution is 2.29. The molecule has 6 heteroatoms. The molecule has 1 aromatic heterocycles. The lowest BCUT2D eigenvalue weighted by molar-refractivity contribution is 0.628. The number of nitrogens with one attached hydrogen (secondary N) is 2. The first-order chi connectivity index (χ1) is 9.65. The Morgan fingerprint density at radius 1 is 1.25 bits per heavy atom. The topological polar surface area (TPSA) is 49.8 Å². The van der Waals surface area contributed by atoms with E-state index in [9.17, 15) is 4.39 Å². The first-order valence-corrected chi connectivity index (χ1v) is 6.77. The van der Waals surface area contributed by atoms with Gasteiger partial charge in [-0.2, -0.15) is 0 Å². The molecule has 1 heterocycles. The minimum Gasteiger partial charge on any atom is -0.373 e. The Labute approximate surface area is 122 Å². The van der Waals surface area contributed by atoms with Gasteiger partial charge in [0.1, 0.15) is 23.8 Å². The fraction of sp³-hybridized carbons (Fsp3) is 0.286. The summed E-state index contributed by atoms with van der Waals surface area (Å²) in [6.07, 6.45) is 3.22. The molecule has 0 amide bonds. The van der Waals surface area contributed by atoms with Crippen molar-refractivity contribution in [3.05, 3.63) is 40.9 Å². The fourth-order valence-corrected chi connectivity index (χ4v) is 2.11. The molecule has 20 heavy (non-hydrogen) atoms. The van der Waals surface area contributed by atoms with Crippen LogP contribution in [0.3, 0.4) is 0 Å². The van der Waals surface area contributed by atoms with E-state index in [-0.39, 0.29) is 5.82 Å². The van der Waals surface area contributed by atoms with Crippen molar-refractivity contribution in [1.29, 1.82) is 0 Å². The van der Waals surface area contributed by atoms with Gasteiger partial charge in [0.25, 0.3) is 0 Å². The van der Waals surface area contributed by atoms with Crippen LogP contribution < -0.4 is 10.6 Å². The zero-order valence-corrected chi connectivity index (χ0v) is 12.1. The third-order valence-corrected chi connectivity index (χ3v) is 3.19. The monoisotopic (exact) mass is 294 g/mol. The molecule has 0 aliphatic rings. The molecule has 106 valence electrons. The van der Waals surface area contributed by atoms with E-state index in [1.807, 2.05) is 0 Å². The molecule has 0 bridgehead atoms. The summed E-state index contributed by atoms with van der Waals surface area (Å²) in [4.78, 5) is 8.42. The molecule has 0 unspecified atom stereocenters. The molecule has 0 saturated heterocycles. The Hall–Kier alpha value is -1.88. The van der Waals surface area contributed by atoms with Crippen LogP contribution >= 0.6 is 11.6 Å². The largest absolute Gasteiger partial charge is 0.373 e. The van der Waals surface area contributed by atoms with Crippen LogP contribution in [0.15, 0.2) is 24.5 Å². The second-order valence-electron chi connectivity index (χ2n) is 4.30. The SMILES string of the molecule is CCCc1c(NC)ncnc1Nc1cc(F)ccc1Cl. The summed E-state index contributed by atoms with van der Waals surface area (Å²) in [5, 5.41) is 6.56. The first-order valence-electron chi connectivity index (χ1n) is 6.39. The van der Waals surface area contributed by atoms with Gasteiger partial charge in [0, 0.05) is 12.6 Å². The van der Waals surface area contributed by atoms with Gasteiger partial charge < -0.3 is 10.6 Å². The van der Waals surface area contributed by atoms with Crippen LogP contribution in [0, 0.1) is 5.82 Å². The summed E-state index contributed by atoms with van der Waals surface area (Å²) >= 11 is 6.06. The van der Waals surface area contributed by atoms with Gasteiger partial charge in [0.15, 0.2) is 0 Å². The van der Waals surface area contributed by atoms with Crippen molar-refractivity contribution in [3.8, 4) is 0 Å². The number of hydrogen-bond donors (Lipinski definition) is 2. The number of anilines is 3. The van der Waals surface area contributed by atoms with Crippen LogP contribution in [-0.4, -0.2) is 17.0 Å². The van der Waals surface area contributed by atoms with Crippen molar-refractivity contribution in [2.75, 3.05) is 17.7 Å². The van der Waals surface area contributed by atoms with Gasteiger partial charge in [-0.05, 0) is 24.6 Å². The van der Waals surface area contributed by atoms with Crippen molar-refractivity contribution in [1.82, 2.24) is 9.97 Å². The predicted octanol–water partition coefficient (Wildman–Crippen LogP) is 4.01. The molecule has 0 aliphatic heterocycles. The van der Waals surface area contributed by atoms with Gasteiger partial charge in [-0.15, -0.1) is 0 Å². The molecule has 0 spiro atoms. The quantitative estimate of drug-likeness (QED) is 0.875. The Balaban J connectivity index is 2.39. The second-order valence-corrected chi connectivity index (χ2v) is 4.71. The van der Waals surface area contributed by atoms with E-state index in [0.29, 0.717) is 16.5 Å². The highest BCUT2D eigenvalue weighted by Gasteiger charge is 2.11. The molecule has 0 radical (unpaired) electrons.